The van der Waals surface area contributed by atoms with Crippen LogP contribution < -0.4 is 5.73 Å². The van der Waals surface area contributed by atoms with Crippen molar-refractivity contribution < 1.29 is 14.0 Å². The summed E-state index contributed by atoms with van der Waals surface area (Å²) in [6.45, 7) is 2.00. The molecule has 1 aromatic heterocycles. The third-order valence-corrected chi connectivity index (χ3v) is 4.56. The average Bonchev–Trinajstić information content (AvgIpc) is 3.14. The van der Waals surface area contributed by atoms with E-state index in [2.05, 4.69) is 0 Å². The van der Waals surface area contributed by atoms with Crippen molar-refractivity contribution in [3.63, 3.8) is 0 Å². The zero-order valence-corrected chi connectivity index (χ0v) is 13.4. The predicted molar refractivity (Wildman–Crippen MR) is 87.8 cm³/mol. The molecule has 1 fully saturated rings. The zero-order chi connectivity index (χ0) is 16.4. The van der Waals surface area contributed by atoms with Crippen LogP contribution in [-0.2, 0) is 16.0 Å². The van der Waals surface area contributed by atoms with Crippen molar-refractivity contribution in [1.29, 1.82) is 0 Å². The first kappa shape index (κ1) is 15.6. The number of furan rings is 1. The van der Waals surface area contributed by atoms with Crippen molar-refractivity contribution in [2.75, 3.05) is 6.54 Å². The summed E-state index contributed by atoms with van der Waals surface area (Å²) < 4.78 is 5.55. The Morgan fingerprint density at radius 3 is 2.74 bits per heavy atom. The molecule has 2 N–H and O–H groups in total. The number of nitrogens with zero attached hydrogens (tertiary/aromatic N) is 1. The van der Waals surface area contributed by atoms with Crippen LogP contribution in [0.25, 0.3) is 11.0 Å². The minimum absolute atomic E-state index is 0.00160. The number of amides is 2. The van der Waals surface area contributed by atoms with E-state index in [4.69, 9.17) is 10.2 Å². The van der Waals surface area contributed by atoms with Crippen LogP contribution in [0.2, 0.25) is 0 Å². The van der Waals surface area contributed by atoms with Gasteiger partial charge in [0.05, 0.1) is 19.2 Å². The summed E-state index contributed by atoms with van der Waals surface area (Å²) in [5, 5.41) is 0.953. The van der Waals surface area contributed by atoms with E-state index < -0.39 is 5.91 Å². The molecule has 0 bridgehead atoms. The molecule has 23 heavy (non-hydrogen) atoms. The molecule has 0 saturated heterocycles. The number of benzene rings is 1. The smallest absolute Gasteiger partial charge is 0.237 e. The molecule has 0 unspecified atom stereocenters. The Bertz CT molecular complexity index is 729. The summed E-state index contributed by atoms with van der Waals surface area (Å²) in [5.41, 5.74) is 8.09. The van der Waals surface area contributed by atoms with Crippen molar-refractivity contribution in [2.45, 2.75) is 45.1 Å². The quantitative estimate of drug-likeness (QED) is 0.921. The summed E-state index contributed by atoms with van der Waals surface area (Å²) in [7, 11) is 0. The number of aryl methyl sites for hydroxylation is 1. The Morgan fingerprint density at radius 2 is 2.04 bits per heavy atom. The summed E-state index contributed by atoms with van der Waals surface area (Å²) in [6, 6.07) is 6.08. The van der Waals surface area contributed by atoms with E-state index in [0.29, 0.717) is 0 Å². The van der Waals surface area contributed by atoms with E-state index in [9.17, 15) is 9.59 Å². The summed E-state index contributed by atoms with van der Waals surface area (Å²) in [5.74, 6) is -0.517. The fourth-order valence-electron chi connectivity index (χ4n) is 3.40. The van der Waals surface area contributed by atoms with Gasteiger partial charge in [0.2, 0.25) is 11.8 Å². The minimum atomic E-state index is -0.460. The maximum atomic E-state index is 12.7. The SMILES string of the molecule is Cc1ccc2c(CC(=O)N(CC(N)=O)C3CCCC3)coc2c1. The van der Waals surface area contributed by atoms with E-state index in [1.54, 1.807) is 11.2 Å². The van der Waals surface area contributed by atoms with Gasteiger partial charge in [0, 0.05) is 17.0 Å². The van der Waals surface area contributed by atoms with Gasteiger partial charge in [-0.3, -0.25) is 9.59 Å². The number of hydrogen-bond donors (Lipinski definition) is 1. The molecule has 1 aliphatic carbocycles. The molecule has 1 aliphatic rings. The third-order valence-electron chi connectivity index (χ3n) is 4.56. The molecule has 0 aliphatic heterocycles. The zero-order valence-electron chi connectivity index (χ0n) is 13.4. The normalized spacial score (nSPS) is 15.2. The molecular weight excluding hydrogens is 292 g/mol. The Kier molecular flexibility index (Phi) is 4.37. The number of nitrogens with two attached hydrogens (primary N) is 1. The summed E-state index contributed by atoms with van der Waals surface area (Å²) in [6.07, 6.45) is 5.97. The minimum Gasteiger partial charge on any atom is -0.464 e. The van der Waals surface area contributed by atoms with Gasteiger partial charge in [0.15, 0.2) is 0 Å². The first-order valence-electron chi connectivity index (χ1n) is 8.09. The molecule has 2 amide bonds. The number of hydrogen-bond acceptors (Lipinski definition) is 3. The van der Waals surface area contributed by atoms with Crippen LogP contribution in [-0.4, -0.2) is 29.3 Å². The molecular formula is C18H22N2O3. The highest BCUT2D eigenvalue weighted by molar-refractivity contribution is 5.90. The second kappa shape index (κ2) is 6.44. The second-order valence-corrected chi connectivity index (χ2v) is 6.36. The van der Waals surface area contributed by atoms with Crippen molar-refractivity contribution in [2.24, 2.45) is 5.73 Å². The van der Waals surface area contributed by atoms with Gasteiger partial charge in [-0.05, 0) is 31.4 Å². The van der Waals surface area contributed by atoms with E-state index >= 15 is 0 Å². The highest BCUT2D eigenvalue weighted by Gasteiger charge is 2.28. The highest BCUT2D eigenvalue weighted by Crippen LogP contribution is 2.26. The van der Waals surface area contributed by atoms with Crippen LogP contribution in [0.5, 0.6) is 0 Å². The van der Waals surface area contributed by atoms with Crippen molar-refractivity contribution in [3.05, 3.63) is 35.6 Å². The average molecular weight is 314 g/mol. The van der Waals surface area contributed by atoms with Crippen molar-refractivity contribution in [3.8, 4) is 0 Å². The summed E-state index contributed by atoms with van der Waals surface area (Å²) >= 11 is 0. The van der Waals surface area contributed by atoms with E-state index in [1.807, 2.05) is 25.1 Å². The first-order valence-corrected chi connectivity index (χ1v) is 8.09. The monoisotopic (exact) mass is 314 g/mol. The second-order valence-electron chi connectivity index (χ2n) is 6.36. The third kappa shape index (κ3) is 3.38. The largest absolute Gasteiger partial charge is 0.464 e. The van der Waals surface area contributed by atoms with Gasteiger partial charge >= 0.3 is 0 Å². The molecule has 1 saturated carbocycles. The van der Waals surface area contributed by atoms with Crippen LogP contribution in [0.1, 0.15) is 36.8 Å². The number of fused-ring (bicyclic) bond motifs is 1. The fourth-order valence-corrected chi connectivity index (χ4v) is 3.40. The van der Waals surface area contributed by atoms with Gasteiger partial charge in [0.1, 0.15) is 5.58 Å². The lowest BCUT2D eigenvalue weighted by atomic mass is 10.1. The Balaban J connectivity index is 1.80. The van der Waals surface area contributed by atoms with Crippen LogP contribution >= 0.6 is 0 Å². The molecule has 0 spiro atoms. The van der Waals surface area contributed by atoms with Gasteiger partial charge in [0.25, 0.3) is 0 Å². The van der Waals surface area contributed by atoms with Gasteiger partial charge in [-0.15, -0.1) is 0 Å². The van der Waals surface area contributed by atoms with Crippen LogP contribution in [0.15, 0.2) is 28.9 Å². The topological polar surface area (TPSA) is 76.5 Å². The molecule has 122 valence electrons. The van der Waals surface area contributed by atoms with Gasteiger partial charge in [-0.2, -0.15) is 0 Å². The molecule has 5 nitrogen and oxygen atoms in total. The van der Waals surface area contributed by atoms with Crippen LogP contribution in [0, 0.1) is 6.92 Å². The lowest BCUT2D eigenvalue weighted by molar-refractivity contribution is -0.136. The van der Waals surface area contributed by atoms with Gasteiger partial charge in [-0.1, -0.05) is 25.0 Å². The predicted octanol–water partition coefficient (Wildman–Crippen LogP) is 2.54. The summed E-state index contributed by atoms with van der Waals surface area (Å²) in [4.78, 5) is 25.7. The fraction of sp³-hybridized carbons (Fsp3) is 0.444. The first-order chi connectivity index (χ1) is 11.0. The van der Waals surface area contributed by atoms with E-state index in [0.717, 1.165) is 47.8 Å². The number of carbonyl (C=O) groups is 2. The lowest BCUT2D eigenvalue weighted by Crippen LogP contribution is -2.44. The molecule has 1 heterocycles. The van der Waals surface area contributed by atoms with E-state index in [-0.39, 0.29) is 24.9 Å². The lowest BCUT2D eigenvalue weighted by Gasteiger charge is -2.27. The standard InChI is InChI=1S/C18H22N2O3/c1-12-6-7-15-13(11-23-16(15)8-12)9-18(22)20(10-17(19)21)14-4-2-3-5-14/h6-8,11,14H,2-5,9-10H2,1H3,(H2,19,21). The molecule has 5 heteroatoms. The van der Waals surface area contributed by atoms with Crippen LogP contribution in [0.3, 0.4) is 0 Å². The van der Waals surface area contributed by atoms with Gasteiger partial charge in [-0.25, -0.2) is 0 Å². The molecule has 3 rings (SSSR count). The number of primary amides is 1. The van der Waals surface area contributed by atoms with Crippen molar-refractivity contribution >= 4 is 22.8 Å². The highest BCUT2D eigenvalue weighted by atomic mass is 16.3. The van der Waals surface area contributed by atoms with E-state index in [1.165, 1.54) is 0 Å². The van der Waals surface area contributed by atoms with Gasteiger partial charge < -0.3 is 15.1 Å². The molecule has 0 atom stereocenters. The Morgan fingerprint density at radius 1 is 1.30 bits per heavy atom. The number of carbonyl (C=O) groups excluding carboxylic acids is 2. The molecule has 2 aromatic rings. The number of rotatable bonds is 5. The maximum absolute atomic E-state index is 12.7. The Hall–Kier alpha value is -2.30. The molecule has 0 radical (unpaired) electrons. The Labute approximate surface area is 135 Å². The maximum Gasteiger partial charge on any atom is 0.237 e. The molecule has 1 aromatic carbocycles. The van der Waals surface area contributed by atoms with Crippen molar-refractivity contribution in [1.82, 2.24) is 4.90 Å². The van der Waals surface area contributed by atoms with Crippen LogP contribution in [0.4, 0.5) is 0 Å².